The van der Waals surface area contributed by atoms with Crippen molar-refractivity contribution >= 4 is 21.8 Å². The summed E-state index contributed by atoms with van der Waals surface area (Å²) in [4.78, 5) is 14.3. The predicted molar refractivity (Wildman–Crippen MR) is 83.8 cm³/mol. The molecule has 1 aromatic carbocycles. The molecule has 114 valence electrons. The summed E-state index contributed by atoms with van der Waals surface area (Å²) in [5.74, 6) is -0.433. The Morgan fingerprint density at radius 3 is 2.48 bits per heavy atom. The van der Waals surface area contributed by atoms with Crippen LogP contribution in [-0.4, -0.2) is 37.0 Å². The molecule has 1 N–H and O–H groups in total. The minimum atomic E-state index is -0.382. The van der Waals surface area contributed by atoms with Gasteiger partial charge in [0.15, 0.2) is 0 Å². The monoisotopic (exact) mass is 354 g/mol. The fraction of sp³-hybridized carbons (Fsp3) is 0.562. The maximum absolute atomic E-state index is 13.6. The Labute approximate surface area is 133 Å². The van der Waals surface area contributed by atoms with E-state index in [0.717, 1.165) is 39.0 Å². The van der Waals surface area contributed by atoms with E-state index < -0.39 is 0 Å². The molecular formula is C16H20BrFN2O. The van der Waals surface area contributed by atoms with Crippen molar-refractivity contribution < 1.29 is 9.18 Å². The Morgan fingerprint density at radius 1 is 1.19 bits per heavy atom. The van der Waals surface area contributed by atoms with E-state index in [4.69, 9.17) is 0 Å². The number of nitrogens with zero attached hydrogens (tertiary/aromatic N) is 1. The number of rotatable bonds is 1. The molecule has 0 bridgehead atoms. The van der Waals surface area contributed by atoms with Gasteiger partial charge in [-0.25, -0.2) is 4.39 Å². The van der Waals surface area contributed by atoms with Crippen LogP contribution in [0.1, 0.15) is 36.0 Å². The van der Waals surface area contributed by atoms with Crippen molar-refractivity contribution in [2.75, 3.05) is 26.2 Å². The topological polar surface area (TPSA) is 32.3 Å². The van der Waals surface area contributed by atoms with E-state index in [1.54, 1.807) is 12.1 Å². The fourth-order valence-corrected chi connectivity index (χ4v) is 3.70. The Balaban J connectivity index is 1.65. The van der Waals surface area contributed by atoms with Crippen molar-refractivity contribution in [3.05, 3.63) is 34.1 Å². The van der Waals surface area contributed by atoms with Crippen LogP contribution in [0.2, 0.25) is 0 Å². The highest BCUT2D eigenvalue weighted by Gasteiger charge is 2.36. The van der Waals surface area contributed by atoms with E-state index in [-0.39, 0.29) is 11.7 Å². The molecule has 3 nitrogen and oxygen atoms in total. The van der Waals surface area contributed by atoms with E-state index in [1.165, 1.54) is 18.9 Å². The van der Waals surface area contributed by atoms with Crippen LogP contribution in [0, 0.1) is 11.2 Å². The molecule has 5 heteroatoms. The Bertz CT molecular complexity index is 533. The number of piperidine rings is 2. The van der Waals surface area contributed by atoms with Gasteiger partial charge in [-0.3, -0.25) is 4.79 Å². The molecule has 0 unspecified atom stereocenters. The number of halogens is 2. The van der Waals surface area contributed by atoms with E-state index in [0.29, 0.717) is 15.5 Å². The number of likely N-dealkylation sites (tertiary alicyclic amines) is 1. The van der Waals surface area contributed by atoms with Crippen LogP contribution in [0.4, 0.5) is 4.39 Å². The number of carbonyl (C=O) groups is 1. The largest absolute Gasteiger partial charge is 0.339 e. The zero-order valence-electron chi connectivity index (χ0n) is 12.0. The van der Waals surface area contributed by atoms with E-state index in [2.05, 4.69) is 21.2 Å². The van der Waals surface area contributed by atoms with Gasteiger partial charge in [-0.2, -0.15) is 0 Å². The first-order valence-corrected chi connectivity index (χ1v) is 8.34. The van der Waals surface area contributed by atoms with Crippen molar-refractivity contribution in [3.63, 3.8) is 0 Å². The van der Waals surface area contributed by atoms with Crippen molar-refractivity contribution in [2.24, 2.45) is 5.41 Å². The molecule has 0 saturated carbocycles. The van der Waals surface area contributed by atoms with Crippen LogP contribution >= 0.6 is 15.9 Å². The van der Waals surface area contributed by atoms with Gasteiger partial charge in [0, 0.05) is 18.7 Å². The maximum Gasteiger partial charge on any atom is 0.253 e. The standard InChI is InChI=1S/C16H20BrFN2O/c17-13-2-1-12(11-14(13)18)15(21)20-9-5-16(6-10-20)3-7-19-8-4-16/h1-2,11,19H,3-10H2. The third-order valence-corrected chi connectivity index (χ3v) is 5.59. The normalized spacial score (nSPS) is 21.5. The van der Waals surface area contributed by atoms with Gasteiger partial charge in [-0.1, -0.05) is 0 Å². The molecule has 2 fully saturated rings. The van der Waals surface area contributed by atoms with Crippen LogP contribution in [0.5, 0.6) is 0 Å². The van der Waals surface area contributed by atoms with Gasteiger partial charge >= 0.3 is 0 Å². The van der Waals surface area contributed by atoms with E-state index in [9.17, 15) is 9.18 Å². The molecule has 1 aromatic rings. The summed E-state index contributed by atoms with van der Waals surface area (Å²) in [5.41, 5.74) is 0.865. The van der Waals surface area contributed by atoms with Gasteiger partial charge < -0.3 is 10.2 Å². The second-order valence-corrected chi connectivity index (χ2v) is 7.03. The Kier molecular flexibility index (Phi) is 4.31. The smallest absolute Gasteiger partial charge is 0.253 e. The molecule has 2 saturated heterocycles. The molecule has 2 aliphatic heterocycles. The van der Waals surface area contributed by atoms with E-state index >= 15 is 0 Å². The van der Waals surface area contributed by atoms with Crippen LogP contribution in [-0.2, 0) is 0 Å². The lowest BCUT2D eigenvalue weighted by Crippen LogP contribution is -2.47. The summed E-state index contributed by atoms with van der Waals surface area (Å²) in [6.45, 7) is 3.75. The Morgan fingerprint density at radius 2 is 1.86 bits per heavy atom. The number of benzene rings is 1. The molecule has 0 radical (unpaired) electrons. The first-order chi connectivity index (χ1) is 10.1. The summed E-state index contributed by atoms with van der Waals surface area (Å²) in [5, 5.41) is 3.40. The SMILES string of the molecule is O=C(c1ccc(Br)c(F)c1)N1CCC2(CCNCC2)CC1. The predicted octanol–water partition coefficient (Wildman–Crippen LogP) is 3.19. The molecule has 3 rings (SSSR count). The summed E-state index contributed by atoms with van der Waals surface area (Å²) < 4.78 is 14.0. The summed E-state index contributed by atoms with van der Waals surface area (Å²) in [6.07, 6.45) is 4.56. The highest BCUT2D eigenvalue weighted by molar-refractivity contribution is 9.10. The van der Waals surface area contributed by atoms with Crippen molar-refractivity contribution in [3.8, 4) is 0 Å². The number of hydrogen-bond acceptors (Lipinski definition) is 2. The highest BCUT2D eigenvalue weighted by Crippen LogP contribution is 2.39. The van der Waals surface area contributed by atoms with Crippen LogP contribution in [0.25, 0.3) is 0 Å². The highest BCUT2D eigenvalue weighted by atomic mass is 79.9. The lowest BCUT2D eigenvalue weighted by atomic mass is 9.71. The molecule has 1 spiro atoms. The number of amides is 1. The molecular weight excluding hydrogens is 335 g/mol. The zero-order chi connectivity index (χ0) is 14.9. The number of carbonyl (C=O) groups excluding carboxylic acids is 1. The summed E-state index contributed by atoms with van der Waals surface area (Å²) in [6, 6.07) is 4.60. The first kappa shape index (κ1) is 15.0. The van der Waals surface area contributed by atoms with Crippen LogP contribution in [0.15, 0.2) is 22.7 Å². The van der Waals surface area contributed by atoms with Crippen molar-refractivity contribution in [1.29, 1.82) is 0 Å². The van der Waals surface area contributed by atoms with Gasteiger partial charge in [0.25, 0.3) is 5.91 Å². The van der Waals surface area contributed by atoms with Crippen molar-refractivity contribution in [2.45, 2.75) is 25.7 Å². The molecule has 2 heterocycles. The molecule has 0 aromatic heterocycles. The van der Waals surface area contributed by atoms with E-state index in [1.807, 2.05) is 4.90 Å². The quantitative estimate of drug-likeness (QED) is 0.839. The molecule has 0 atom stereocenters. The second-order valence-electron chi connectivity index (χ2n) is 6.17. The van der Waals surface area contributed by atoms with Crippen LogP contribution < -0.4 is 5.32 Å². The second kappa shape index (κ2) is 6.05. The molecule has 0 aliphatic carbocycles. The van der Waals surface area contributed by atoms with Gasteiger partial charge in [0.05, 0.1) is 4.47 Å². The lowest BCUT2D eigenvalue weighted by Gasteiger charge is -2.44. The minimum absolute atomic E-state index is 0.0508. The average Bonchev–Trinajstić information content (AvgIpc) is 2.51. The zero-order valence-corrected chi connectivity index (χ0v) is 13.6. The number of hydrogen-bond donors (Lipinski definition) is 1. The summed E-state index contributed by atoms with van der Waals surface area (Å²) in [7, 11) is 0. The third-order valence-electron chi connectivity index (χ3n) is 4.94. The van der Waals surface area contributed by atoms with Gasteiger partial charge in [-0.05, 0) is 78.3 Å². The number of nitrogens with one attached hydrogen (secondary N) is 1. The lowest BCUT2D eigenvalue weighted by molar-refractivity contribution is 0.0495. The van der Waals surface area contributed by atoms with Gasteiger partial charge in [0.2, 0.25) is 0 Å². The first-order valence-electron chi connectivity index (χ1n) is 7.55. The van der Waals surface area contributed by atoms with Crippen molar-refractivity contribution in [1.82, 2.24) is 10.2 Å². The minimum Gasteiger partial charge on any atom is -0.339 e. The molecule has 1 amide bonds. The van der Waals surface area contributed by atoms with Gasteiger partial charge in [0.1, 0.15) is 5.82 Å². The average molecular weight is 355 g/mol. The molecule has 21 heavy (non-hydrogen) atoms. The van der Waals surface area contributed by atoms with Crippen LogP contribution in [0.3, 0.4) is 0 Å². The van der Waals surface area contributed by atoms with Gasteiger partial charge in [-0.15, -0.1) is 0 Å². The fourth-order valence-electron chi connectivity index (χ4n) is 3.45. The Hall–Kier alpha value is -0.940. The third kappa shape index (κ3) is 3.14. The summed E-state index contributed by atoms with van der Waals surface area (Å²) >= 11 is 3.12. The maximum atomic E-state index is 13.6. The molecule has 2 aliphatic rings.